The summed E-state index contributed by atoms with van der Waals surface area (Å²) in [4.78, 5) is 0. The third-order valence-corrected chi connectivity index (χ3v) is 5.27. The van der Waals surface area contributed by atoms with Crippen LogP contribution < -0.4 is 0 Å². The van der Waals surface area contributed by atoms with Crippen LogP contribution >= 0.6 is 0 Å². The third-order valence-electron chi connectivity index (χ3n) is 5.27. The van der Waals surface area contributed by atoms with E-state index in [1.165, 1.54) is 12.8 Å². The second-order valence-electron chi connectivity index (χ2n) is 7.34. The molecule has 4 unspecified atom stereocenters. The second kappa shape index (κ2) is 14.7. The monoisotopic (exact) mass is 388 g/mol. The Hall–Kier alpha value is -0.240. The Bertz CT molecular complexity index is 354. The quantitative estimate of drug-likeness (QED) is 0.739. The van der Waals surface area contributed by atoms with Crippen LogP contribution in [0.3, 0.4) is 0 Å². The van der Waals surface area contributed by atoms with Crippen LogP contribution in [0.4, 0.5) is 0 Å². The van der Waals surface area contributed by atoms with Crippen molar-refractivity contribution in [3.05, 3.63) is 0 Å². The molecule has 4 atom stereocenters. The van der Waals surface area contributed by atoms with Crippen molar-refractivity contribution in [1.29, 1.82) is 0 Å². The average Bonchev–Trinajstić information content (AvgIpc) is 2.69. The molecule has 0 N–H and O–H groups in total. The van der Waals surface area contributed by atoms with Gasteiger partial charge in [0.15, 0.2) is 0 Å². The van der Waals surface area contributed by atoms with Crippen molar-refractivity contribution in [2.75, 3.05) is 52.9 Å². The lowest BCUT2D eigenvalue weighted by Crippen LogP contribution is -2.36. The molecule has 0 aromatic rings. The Labute approximate surface area is 165 Å². The Morgan fingerprint density at radius 3 is 1.56 bits per heavy atom. The minimum atomic E-state index is 0.106. The van der Waals surface area contributed by atoms with Gasteiger partial charge in [0.25, 0.3) is 0 Å². The van der Waals surface area contributed by atoms with Crippen molar-refractivity contribution < 1.29 is 28.4 Å². The molecular weight excluding hydrogens is 348 g/mol. The topological polar surface area (TPSA) is 55.4 Å². The molecule has 1 saturated carbocycles. The number of hydrogen-bond donors (Lipinski definition) is 0. The standard InChI is InChI=1S/C21H40O6/c1-3-7-19-18(4-2)24-14-10-22-12-16-26-20-8-5-6-9-21(20)27-17-13-23-11-15-25-19/h18-21H,3-17H2,1-2H3. The molecule has 0 radical (unpaired) electrons. The fourth-order valence-corrected chi connectivity index (χ4v) is 3.83. The van der Waals surface area contributed by atoms with Gasteiger partial charge in [0, 0.05) is 0 Å². The Morgan fingerprint density at radius 1 is 0.593 bits per heavy atom. The Morgan fingerprint density at radius 2 is 1.07 bits per heavy atom. The van der Waals surface area contributed by atoms with Crippen LogP contribution in [-0.4, -0.2) is 77.3 Å². The smallest absolute Gasteiger partial charge is 0.0837 e. The molecule has 0 aromatic heterocycles. The zero-order valence-electron chi connectivity index (χ0n) is 17.4. The molecule has 2 rings (SSSR count). The van der Waals surface area contributed by atoms with E-state index in [2.05, 4.69) is 13.8 Å². The maximum Gasteiger partial charge on any atom is 0.0837 e. The van der Waals surface area contributed by atoms with Crippen LogP contribution in [-0.2, 0) is 28.4 Å². The summed E-state index contributed by atoms with van der Waals surface area (Å²) in [7, 11) is 0. The van der Waals surface area contributed by atoms with E-state index in [4.69, 9.17) is 28.4 Å². The molecule has 1 heterocycles. The van der Waals surface area contributed by atoms with Gasteiger partial charge in [-0.3, -0.25) is 0 Å². The van der Waals surface area contributed by atoms with E-state index < -0.39 is 0 Å². The van der Waals surface area contributed by atoms with Gasteiger partial charge in [0.05, 0.1) is 77.3 Å². The highest BCUT2D eigenvalue weighted by Gasteiger charge is 2.26. The Kier molecular flexibility index (Phi) is 12.6. The van der Waals surface area contributed by atoms with Crippen molar-refractivity contribution in [3.8, 4) is 0 Å². The van der Waals surface area contributed by atoms with Gasteiger partial charge in [0.2, 0.25) is 0 Å². The zero-order valence-corrected chi connectivity index (χ0v) is 17.4. The highest BCUT2D eigenvalue weighted by molar-refractivity contribution is 4.76. The van der Waals surface area contributed by atoms with Gasteiger partial charge in [-0.25, -0.2) is 0 Å². The molecule has 1 aliphatic heterocycles. The molecular formula is C21H40O6. The zero-order chi connectivity index (χ0) is 19.2. The summed E-state index contributed by atoms with van der Waals surface area (Å²) in [5.74, 6) is 0. The van der Waals surface area contributed by atoms with Crippen LogP contribution in [0.25, 0.3) is 0 Å². The SMILES string of the molecule is CCCC1OCCOCCOC2CCCCC2OCCOCCOC1CC. The van der Waals surface area contributed by atoms with E-state index >= 15 is 0 Å². The highest BCUT2D eigenvalue weighted by Crippen LogP contribution is 2.24. The maximum atomic E-state index is 6.07. The largest absolute Gasteiger partial charge is 0.377 e. The number of fused-ring (bicyclic) bond motifs is 1. The third kappa shape index (κ3) is 9.20. The fourth-order valence-electron chi connectivity index (χ4n) is 3.83. The van der Waals surface area contributed by atoms with Crippen molar-refractivity contribution in [1.82, 2.24) is 0 Å². The molecule has 0 amide bonds. The van der Waals surface area contributed by atoms with Crippen LogP contribution in [0.1, 0.15) is 58.8 Å². The molecule has 0 spiro atoms. The van der Waals surface area contributed by atoms with E-state index in [-0.39, 0.29) is 24.4 Å². The lowest BCUT2D eigenvalue weighted by molar-refractivity contribution is -0.124. The van der Waals surface area contributed by atoms with E-state index in [1.807, 2.05) is 0 Å². The van der Waals surface area contributed by atoms with Crippen LogP contribution in [0, 0.1) is 0 Å². The van der Waals surface area contributed by atoms with Gasteiger partial charge in [0.1, 0.15) is 0 Å². The first kappa shape index (κ1) is 23.0. The number of rotatable bonds is 3. The summed E-state index contributed by atoms with van der Waals surface area (Å²) in [5, 5.41) is 0. The summed E-state index contributed by atoms with van der Waals surface area (Å²) in [6.45, 7) is 9.11. The van der Waals surface area contributed by atoms with Crippen LogP contribution in [0.2, 0.25) is 0 Å². The first-order valence-corrected chi connectivity index (χ1v) is 11.0. The molecule has 0 aromatic carbocycles. The fraction of sp³-hybridized carbons (Fsp3) is 1.00. The van der Waals surface area contributed by atoms with Crippen LogP contribution in [0.5, 0.6) is 0 Å². The lowest BCUT2D eigenvalue weighted by atomic mass is 9.94. The first-order chi connectivity index (χ1) is 13.3. The van der Waals surface area contributed by atoms with Crippen molar-refractivity contribution in [2.24, 2.45) is 0 Å². The maximum absolute atomic E-state index is 6.07. The molecule has 6 heteroatoms. The summed E-state index contributed by atoms with van der Waals surface area (Å²) in [6, 6.07) is 0. The lowest BCUT2D eigenvalue weighted by Gasteiger charge is -2.31. The summed E-state index contributed by atoms with van der Waals surface area (Å²) in [6.07, 6.45) is 8.16. The number of hydrogen-bond acceptors (Lipinski definition) is 6. The van der Waals surface area contributed by atoms with E-state index in [1.54, 1.807) is 0 Å². The second-order valence-corrected chi connectivity index (χ2v) is 7.34. The molecule has 1 aliphatic carbocycles. The molecule has 160 valence electrons. The molecule has 6 nitrogen and oxygen atoms in total. The molecule has 0 bridgehead atoms. The van der Waals surface area contributed by atoms with Crippen molar-refractivity contribution >= 4 is 0 Å². The normalized spacial score (nSPS) is 33.6. The molecule has 27 heavy (non-hydrogen) atoms. The van der Waals surface area contributed by atoms with E-state index in [9.17, 15) is 0 Å². The first-order valence-electron chi connectivity index (χ1n) is 11.0. The minimum Gasteiger partial charge on any atom is -0.377 e. The average molecular weight is 389 g/mol. The van der Waals surface area contributed by atoms with Crippen molar-refractivity contribution in [2.45, 2.75) is 83.2 Å². The molecule has 2 aliphatic rings. The summed E-state index contributed by atoms with van der Waals surface area (Å²) >= 11 is 0. The molecule has 2 fully saturated rings. The van der Waals surface area contributed by atoms with Gasteiger partial charge in [-0.2, -0.15) is 0 Å². The van der Waals surface area contributed by atoms with Gasteiger partial charge in [-0.05, 0) is 25.7 Å². The van der Waals surface area contributed by atoms with Crippen molar-refractivity contribution in [3.63, 3.8) is 0 Å². The van der Waals surface area contributed by atoms with Crippen LogP contribution in [0.15, 0.2) is 0 Å². The van der Waals surface area contributed by atoms with Gasteiger partial charge < -0.3 is 28.4 Å². The molecule has 1 saturated heterocycles. The Balaban J connectivity index is 1.81. The predicted octanol–water partition coefficient (Wildman–Crippen LogP) is 3.36. The van der Waals surface area contributed by atoms with Gasteiger partial charge in [-0.1, -0.05) is 33.1 Å². The highest BCUT2D eigenvalue weighted by atomic mass is 16.6. The minimum absolute atomic E-state index is 0.106. The van der Waals surface area contributed by atoms with E-state index in [0.717, 1.165) is 32.1 Å². The van der Waals surface area contributed by atoms with Gasteiger partial charge in [-0.15, -0.1) is 0 Å². The van der Waals surface area contributed by atoms with Gasteiger partial charge >= 0.3 is 0 Å². The number of ether oxygens (including phenoxy) is 6. The summed E-state index contributed by atoms with van der Waals surface area (Å²) < 4.78 is 35.6. The van der Waals surface area contributed by atoms with E-state index in [0.29, 0.717) is 52.9 Å². The summed E-state index contributed by atoms with van der Waals surface area (Å²) in [5.41, 5.74) is 0. The predicted molar refractivity (Wildman–Crippen MR) is 104 cm³/mol.